The zero-order valence-electron chi connectivity index (χ0n) is 14.8. The molecule has 0 unspecified atom stereocenters. The van der Waals surface area contributed by atoms with Crippen LogP contribution in [0.25, 0.3) is 0 Å². The number of rotatable bonds is 7. The summed E-state index contributed by atoms with van der Waals surface area (Å²) in [5, 5.41) is 7.26. The lowest BCUT2D eigenvalue weighted by Crippen LogP contribution is -2.41. The van der Waals surface area contributed by atoms with Crippen molar-refractivity contribution in [2.45, 2.75) is 20.3 Å². The van der Waals surface area contributed by atoms with Gasteiger partial charge in [0.25, 0.3) is 0 Å². The molecule has 1 aromatic carbocycles. The lowest BCUT2D eigenvalue weighted by Gasteiger charge is -2.15. The lowest BCUT2D eigenvalue weighted by atomic mass is 10.1. The summed E-state index contributed by atoms with van der Waals surface area (Å²) in [6.45, 7) is 5.92. The molecule has 1 aromatic rings. The van der Waals surface area contributed by atoms with E-state index in [1.54, 1.807) is 14.1 Å². The molecule has 1 amide bonds. The van der Waals surface area contributed by atoms with Gasteiger partial charge in [-0.1, -0.05) is 37.6 Å². The number of carbonyl (C=O) groups is 1. The minimum atomic E-state index is -0.0227. The average Bonchev–Trinajstić information content (AvgIpc) is 2.48. The molecule has 0 saturated heterocycles. The molecule has 136 valence electrons. The van der Waals surface area contributed by atoms with Gasteiger partial charge in [0.2, 0.25) is 5.91 Å². The number of hydrogen-bond donors (Lipinski definition) is 2. The number of amides is 1. The van der Waals surface area contributed by atoms with Crippen molar-refractivity contribution in [3.05, 3.63) is 34.9 Å². The van der Waals surface area contributed by atoms with E-state index in [4.69, 9.17) is 11.6 Å². The van der Waals surface area contributed by atoms with E-state index in [2.05, 4.69) is 29.5 Å². The first-order valence-electron chi connectivity index (χ1n) is 7.85. The van der Waals surface area contributed by atoms with E-state index in [0.717, 1.165) is 30.1 Å². The molecule has 0 aliphatic heterocycles. The molecule has 0 fully saturated rings. The third-order valence-corrected chi connectivity index (χ3v) is 3.38. The van der Waals surface area contributed by atoms with Crippen molar-refractivity contribution >= 4 is 47.4 Å². The van der Waals surface area contributed by atoms with Crippen LogP contribution in [-0.4, -0.2) is 50.5 Å². The maximum Gasteiger partial charge on any atom is 0.243 e. The van der Waals surface area contributed by atoms with Crippen LogP contribution in [0.4, 0.5) is 0 Å². The molecule has 2 N–H and O–H groups in total. The van der Waals surface area contributed by atoms with Gasteiger partial charge in [-0.15, -0.1) is 24.0 Å². The first kappa shape index (κ1) is 23.0. The number of carbonyl (C=O) groups excluding carboxylic acids is 1. The fourth-order valence-corrected chi connectivity index (χ4v) is 1.99. The van der Waals surface area contributed by atoms with E-state index < -0.39 is 0 Å². The summed E-state index contributed by atoms with van der Waals surface area (Å²) in [5.41, 5.74) is 1.16. The third kappa shape index (κ3) is 9.97. The Labute approximate surface area is 167 Å². The standard InChI is InChI=1S/C17H27ClN4O.HI/c1-13(2)11-20-17(21-12-16(23)22(3)4)19-9-8-14-6-5-7-15(18)10-14;/h5-7,10,13H,8-9,11-12H2,1-4H3,(H2,19,20,21);1H. The Kier molecular flexibility index (Phi) is 11.8. The quantitative estimate of drug-likeness (QED) is 0.369. The topological polar surface area (TPSA) is 56.7 Å². The van der Waals surface area contributed by atoms with Gasteiger partial charge in [-0.25, -0.2) is 4.99 Å². The monoisotopic (exact) mass is 466 g/mol. The SMILES string of the molecule is CC(C)CNC(=NCC(=O)N(C)C)NCCc1cccc(Cl)c1.I. The van der Waals surface area contributed by atoms with Crippen molar-refractivity contribution in [3.63, 3.8) is 0 Å². The van der Waals surface area contributed by atoms with Crippen LogP contribution in [0.1, 0.15) is 19.4 Å². The van der Waals surface area contributed by atoms with Crippen LogP contribution in [0, 0.1) is 5.92 Å². The molecule has 0 aliphatic rings. The summed E-state index contributed by atoms with van der Waals surface area (Å²) in [4.78, 5) is 17.5. The van der Waals surface area contributed by atoms with Crippen LogP contribution >= 0.6 is 35.6 Å². The molecular formula is C17H28ClIN4O. The van der Waals surface area contributed by atoms with Gasteiger partial charge in [0, 0.05) is 32.2 Å². The van der Waals surface area contributed by atoms with E-state index in [1.807, 2.05) is 24.3 Å². The molecule has 0 bridgehead atoms. The van der Waals surface area contributed by atoms with Gasteiger partial charge in [-0.05, 0) is 30.0 Å². The molecule has 0 saturated carbocycles. The second kappa shape index (κ2) is 12.4. The van der Waals surface area contributed by atoms with Crippen molar-refractivity contribution in [1.82, 2.24) is 15.5 Å². The number of likely N-dealkylation sites (N-methyl/N-ethyl adjacent to an activating group) is 1. The van der Waals surface area contributed by atoms with Gasteiger partial charge >= 0.3 is 0 Å². The Hall–Kier alpha value is -1.02. The molecule has 1 rings (SSSR count). The van der Waals surface area contributed by atoms with E-state index in [-0.39, 0.29) is 36.4 Å². The summed E-state index contributed by atoms with van der Waals surface area (Å²) >= 11 is 5.99. The van der Waals surface area contributed by atoms with Gasteiger partial charge in [0.15, 0.2) is 5.96 Å². The molecule has 0 radical (unpaired) electrons. The van der Waals surface area contributed by atoms with Crippen LogP contribution in [0.3, 0.4) is 0 Å². The van der Waals surface area contributed by atoms with Gasteiger partial charge in [-0.3, -0.25) is 4.79 Å². The molecule has 0 aliphatic carbocycles. The van der Waals surface area contributed by atoms with Crippen LogP contribution in [0.5, 0.6) is 0 Å². The largest absolute Gasteiger partial charge is 0.356 e. The number of aliphatic imine (C=N–C) groups is 1. The molecular weight excluding hydrogens is 439 g/mol. The summed E-state index contributed by atoms with van der Waals surface area (Å²) in [6.07, 6.45) is 0.838. The van der Waals surface area contributed by atoms with Crippen molar-refractivity contribution in [2.75, 3.05) is 33.7 Å². The number of halogens is 2. The summed E-state index contributed by atoms with van der Waals surface area (Å²) < 4.78 is 0. The third-order valence-electron chi connectivity index (χ3n) is 3.14. The van der Waals surface area contributed by atoms with Gasteiger partial charge in [0.1, 0.15) is 6.54 Å². The number of hydrogen-bond acceptors (Lipinski definition) is 2. The van der Waals surface area contributed by atoms with Crippen molar-refractivity contribution in [1.29, 1.82) is 0 Å². The molecule has 7 heteroatoms. The summed E-state index contributed by atoms with van der Waals surface area (Å²) in [5.74, 6) is 1.14. The predicted molar refractivity (Wildman–Crippen MR) is 112 cm³/mol. The molecule has 0 atom stereocenters. The van der Waals surface area contributed by atoms with Gasteiger partial charge < -0.3 is 15.5 Å². The van der Waals surface area contributed by atoms with Crippen molar-refractivity contribution < 1.29 is 4.79 Å². The Morgan fingerprint density at radius 2 is 2.00 bits per heavy atom. The normalized spacial score (nSPS) is 11.0. The van der Waals surface area contributed by atoms with Crippen molar-refractivity contribution in [3.8, 4) is 0 Å². The molecule has 5 nitrogen and oxygen atoms in total. The van der Waals surface area contributed by atoms with E-state index in [1.165, 1.54) is 4.90 Å². The number of benzene rings is 1. The second-order valence-electron chi connectivity index (χ2n) is 6.03. The maximum atomic E-state index is 11.7. The fraction of sp³-hybridized carbons (Fsp3) is 0.529. The fourth-order valence-electron chi connectivity index (χ4n) is 1.78. The number of nitrogens with one attached hydrogen (secondary N) is 2. The van der Waals surface area contributed by atoms with E-state index >= 15 is 0 Å². The zero-order valence-corrected chi connectivity index (χ0v) is 17.9. The van der Waals surface area contributed by atoms with Gasteiger partial charge in [0.05, 0.1) is 0 Å². The summed E-state index contributed by atoms with van der Waals surface area (Å²) in [6, 6.07) is 7.81. The van der Waals surface area contributed by atoms with E-state index in [9.17, 15) is 4.79 Å². The molecule has 24 heavy (non-hydrogen) atoms. The highest BCUT2D eigenvalue weighted by Gasteiger charge is 2.05. The predicted octanol–water partition coefficient (Wildman–Crippen LogP) is 2.78. The Morgan fingerprint density at radius 1 is 1.29 bits per heavy atom. The van der Waals surface area contributed by atoms with Crippen molar-refractivity contribution in [2.24, 2.45) is 10.9 Å². The molecule has 0 aromatic heterocycles. The number of guanidine groups is 1. The first-order chi connectivity index (χ1) is 10.9. The van der Waals surface area contributed by atoms with Crippen LogP contribution < -0.4 is 10.6 Å². The highest BCUT2D eigenvalue weighted by atomic mass is 127. The maximum absolute atomic E-state index is 11.7. The Morgan fingerprint density at radius 3 is 2.58 bits per heavy atom. The second-order valence-corrected chi connectivity index (χ2v) is 6.47. The Balaban J connectivity index is 0.00000529. The smallest absolute Gasteiger partial charge is 0.243 e. The summed E-state index contributed by atoms with van der Waals surface area (Å²) in [7, 11) is 3.46. The lowest BCUT2D eigenvalue weighted by molar-refractivity contribution is -0.127. The van der Waals surface area contributed by atoms with Crippen LogP contribution in [-0.2, 0) is 11.2 Å². The highest BCUT2D eigenvalue weighted by molar-refractivity contribution is 14.0. The van der Waals surface area contributed by atoms with E-state index in [0.29, 0.717) is 11.9 Å². The minimum Gasteiger partial charge on any atom is -0.356 e. The Bertz CT molecular complexity index is 535. The zero-order chi connectivity index (χ0) is 17.2. The van der Waals surface area contributed by atoms with Crippen LogP contribution in [0.15, 0.2) is 29.3 Å². The molecule has 0 heterocycles. The first-order valence-corrected chi connectivity index (χ1v) is 8.23. The average molecular weight is 467 g/mol. The number of nitrogens with zero attached hydrogens (tertiary/aromatic N) is 2. The molecule has 0 spiro atoms. The minimum absolute atomic E-state index is 0. The van der Waals surface area contributed by atoms with Crippen LogP contribution in [0.2, 0.25) is 5.02 Å². The van der Waals surface area contributed by atoms with Gasteiger partial charge in [-0.2, -0.15) is 0 Å². The highest BCUT2D eigenvalue weighted by Crippen LogP contribution is 2.10.